The van der Waals surface area contributed by atoms with Gasteiger partial charge in [0.15, 0.2) is 0 Å². The number of rotatable bonds is 5. The van der Waals surface area contributed by atoms with Crippen LogP contribution in [0.4, 0.5) is 5.69 Å². The van der Waals surface area contributed by atoms with Gasteiger partial charge >= 0.3 is 0 Å². The molecule has 6 heteroatoms. The van der Waals surface area contributed by atoms with Gasteiger partial charge in [0.1, 0.15) is 17.7 Å². The molecule has 1 fully saturated rings. The fourth-order valence-corrected chi connectivity index (χ4v) is 2.63. The van der Waals surface area contributed by atoms with Gasteiger partial charge in [-0.05, 0) is 30.5 Å². The maximum atomic E-state index is 11.3. The summed E-state index contributed by atoms with van der Waals surface area (Å²) in [7, 11) is 0. The first-order valence-electron chi connectivity index (χ1n) is 7.51. The smallest absolute Gasteiger partial charge is 0.222 e. The maximum absolute atomic E-state index is 11.3. The van der Waals surface area contributed by atoms with E-state index in [1.54, 1.807) is 12.1 Å². The van der Waals surface area contributed by atoms with Crippen LogP contribution < -0.4 is 16.0 Å². The zero-order valence-electron chi connectivity index (χ0n) is 12.8. The highest BCUT2D eigenvalue weighted by atomic mass is 16.1. The average molecular weight is 309 g/mol. The maximum Gasteiger partial charge on any atom is 0.222 e. The first kappa shape index (κ1) is 16.4. The largest absolute Gasteiger partial charge is 0.385 e. The molecule has 1 atom stereocenters. The molecule has 0 bridgehead atoms. The molecule has 0 spiro atoms. The predicted molar refractivity (Wildman–Crippen MR) is 86.7 cm³/mol. The normalized spacial score (nSPS) is 16.8. The van der Waals surface area contributed by atoms with Crippen molar-refractivity contribution in [2.45, 2.75) is 19.4 Å². The first-order chi connectivity index (χ1) is 11.1. The summed E-state index contributed by atoms with van der Waals surface area (Å²) in [5.41, 5.74) is 7.58. The van der Waals surface area contributed by atoms with Gasteiger partial charge in [0, 0.05) is 31.5 Å². The lowest BCUT2D eigenvalue weighted by Crippen LogP contribution is -2.41. The molecule has 0 aromatic heterocycles. The van der Waals surface area contributed by atoms with E-state index in [4.69, 9.17) is 16.3 Å². The lowest BCUT2D eigenvalue weighted by molar-refractivity contribution is -0.122. The van der Waals surface area contributed by atoms with Gasteiger partial charge in [-0.25, -0.2) is 0 Å². The molecule has 3 N–H and O–H groups in total. The van der Waals surface area contributed by atoms with Crippen LogP contribution in [0.15, 0.2) is 36.0 Å². The van der Waals surface area contributed by atoms with Crippen LogP contribution in [0.5, 0.6) is 0 Å². The highest BCUT2D eigenvalue weighted by Gasteiger charge is 2.23. The van der Waals surface area contributed by atoms with Gasteiger partial charge in [0.2, 0.25) is 5.91 Å². The van der Waals surface area contributed by atoms with Crippen LogP contribution in [0.25, 0.3) is 0 Å². The van der Waals surface area contributed by atoms with Crippen LogP contribution in [0.1, 0.15) is 18.4 Å². The SMILES string of the molecule is N#CC(C#N)=CNCc1ccc(N2CCC[C@H](C(N)=O)C2)cc1. The Kier molecular flexibility index (Phi) is 5.60. The quantitative estimate of drug-likeness (QED) is 0.800. The molecule has 1 aromatic rings. The van der Waals surface area contributed by atoms with Crippen molar-refractivity contribution in [3.8, 4) is 12.1 Å². The Morgan fingerprint density at radius 3 is 2.65 bits per heavy atom. The Bertz CT molecular complexity index is 650. The Labute approximate surface area is 135 Å². The second-order valence-corrected chi connectivity index (χ2v) is 5.52. The first-order valence-corrected chi connectivity index (χ1v) is 7.51. The summed E-state index contributed by atoms with van der Waals surface area (Å²) in [6.07, 6.45) is 3.24. The molecule has 1 amide bonds. The molecule has 0 aliphatic carbocycles. The van der Waals surface area contributed by atoms with E-state index < -0.39 is 0 Å². The van der Waals surface area contributed by atoms with Crippen molar-refractivity contribution in [1.82, 2.24) is 5.32 Å². The van der Waals surface area contributed by atoms with Crippen molar-refractivity contribution in [2.24, 2.45) is 11.7 Å². The molecule has 6 nitrogen and oxygen atoms in total. The number of nitrogens with zero attached hydrogens (tertiary/aromatic N) is 3. The molecular weight excluding hydrogens is 290 g/mol. The molecule has 1 saturated heterocycles. The van der Waals surface area contributed by atoms with E-state index >= 15 is 0 Å². The lowest BCUT2D eigenvalue weighted by Gasteiger charge is -2.33. The third-order valence-electron chi connectivity index (χ3n) is 3.92. The molecule has 0 radical (unpaired) electrons. The molecule has 1 aliphatic heterocycles. The summed E-state index contributed by atoms with van der Waals surface area (Å²) in [6, 6.07) is 11.6. The minimum absolute atomic E-state index is 0.0485. The lowest BCUT2D eigenvalue weighted by atomic mass is 9.97. The number of nitriles is 2. The highest BCUT2D eigenvalue weighted by molar-refractivity contribution is 5.77. The molecule has 1 heterocycles. The number of primary amides is 1. The number of nitrogens with one attached hydrogen (secondary N) is 1. The summed E-state index contributed by atoms with van der Waals surface area (Å²) in [5, 5.41) is 20.2. The van der Waals surface area contributed by atoms with Crippen molar-refractivity contribution < 1.29 is 4.79 Å². The van der Waals surface area contributed by atoms with Crippen molar-refractivity contribution in [3.05, 3.63) is 41.6 Å². The minimum atomic E-state index is -0.229. The van der Waals surface area contributed by atoms with Gasteiger partial charge in [0.25, 0.3) is 0 Å². The average Bonchev–Trinajstić information content (AvgIpc) is 2.59. The zero-order chi connectivity index (χ0) is 16.7. The number of amides is 1. The Hall–Kier alpha value is -2.99. The molecule has 1 aromatic carbocycles. The number of allylic oxidation sites excluding steroid dienone is 1. The van der Waals surface area contributed by atoms with Crippen LogP contribution >= 0.6 is 0 Å². The molecule has 0 unspecified atom stereocenters. The number of carbonyl (C=O) groups is 1. The van der Waals surface area contributed by atoms with Gasteiger partial charge in [-0.15, -0.1) is 0 Å². The molecule has 0 saturated carbocycles. The standard InChI is InChI=1S/C17H19N5O/c18-8-14(9-19)11-21-10-13-3-5-16(6-4-13)22-7-1-2-15(12-22)17(20)23/h3-6,11,15,21H,1-2,7,10,12H2,(H2,20,23)/t15-/m0/s1. The minimum Gasteiger partial charge on any atom is -0.385 e. The van der Waals surface area contributed by atoms with E-state index in [1.165, 1.54) is 6.20 Å². The fraction of sp³-hybridized carbons (Fsp3) is 0.353. The van der Waals surface area contributed by atoms with Crippen LogP contribution in [-0.4, -0.2) is 19.0 Å². The zero-order valence-corrected chi connectivity index (χ0v) is 12.8. The van der Waals surface area contributed by atoms with Crippen LogP contribution in [-0.2, 0) is 11.3 Å². The van der Waals surface area contributed by atoms with Gasteiger partial charge in [-0.2, -0.15) is 10.5 Å². The van der Waals surface area contributed by atoms with E-state index in [2.05, 4.69) is 10.2 Å². The van der Waals surface area contributed by atoms with Gasteiger partial charge < -0.3 is 16.0 Å². The number of piperidine rings is 1. The Morgan fingerprint density at radius 1 is 1.35 bits per heavy atom. The van der Waals surface area contributed by atoms with Gasteiger partial charge in [-0.3, -0.25) is 4.79 Å². The van der Waals surface area contributed by atoms with Gasteiger partial charge in [-0.1, -0.05) is 12.1 Å². The second kappa shape index (κ2) is 7.86. The fourth-order valence-electron chi connectivity index (χ4n) is 2.63. The number of carbonyl (C=O) groups excluding carboxylic acids is 1. The molecule has 118 valence electrons. The predicted octanol–water partition coefficient (Wildman–Crippen LogP) is 1.41. The summed E-state index contributed by atoms with van der Waals surface area (Å²) >= 11 is 0. The van der Waals surface area contributed by atoms with Crippen LogP contribution in [0.2, 0.25) is 0 Å². The molecule has 23 heavy (non-hydrogen) atoms. The Morgan fingerprint density at radius 2 is 2.04 bits per heavy atom. The second-order valence-electron chi connectivity index (χ2n) is 5.52. The molecular formula is C17H19N5O. The van der Waals surface area contributed by atoms with E-state index in [-0.39, 0.29) is 17.4 Å². The number of hydrogen-bond donors (Lipinski definition) is 2. The molecule has 2 rings (SSSR count). The number of nitrogens with two attached hydrogens (primary N) is 1. The van der Waals surface area contributed by atoms with Crippen molar-refractivity contribution in [2.75, 3.05) is 18.0 Å². The van der Waals surface area contributed by atoms with Crippen molar-refractivity contribution in [3.63, 3.8) is 0 Å². The van der Waals surface area contributed by atoms with Crippen molar-refractivity contribution >= 4 is 11.6 Å². The molecule has 1 aliphatic rings. The number of hydrogen-bond acceptors (Lipinski definition) is 5. The van der Waals surface area contributed by atoms with E-state index in [9.17, 15) is 4.79 Å². The summed E-state index contributed by atoms with van der Waals surface area (Å²) in [5.74, 6) is -0.307. The topological polar surface area (TPSA) is 106 Å². The van der Waals surface area contributed by atoms with Crippen molar-refractivity contribution in [1.29, 1.82) is 10.5 Å². The van der Waals surface area contributed by atoms with Gasteiger partial charge in [0.05, 0.1) is 5.92 Å². The van der Waals surface area contributed by atoms with Crippen LogP contribution in [0.3, 0.4) is 0 Å². The van der Waals surface area contributed by atoms with E-state index in [0.29, 0.717) is 13.1 Å². The third kappa shape index (κ3) is 4.49. The third-order valence-corrected chi connectivity index (χ3v) is 3.92. The Balaban J connectivity index is 1.94. The summed E-state index contributed by atoms with van der Waals surface area (Å²) in [4.78, 5) is 13.5. The number of anilines is 1. The highest BCUT2D eigenvalue weighted by Crippen LogP contribution is 2.23. The summed E-state index contributed by atoms with van der Waals surface area (Å²) < 4.78 is 0. The van der Waals surface area contributed by atoms with E-state index in [0.717, 1.165) is 30.6 Å². The monoisotopic (exact) mass is 309 g/mol. The van der Waals surface area contributed by atoms with Crippen LogP contribution in [0, 0.1) is 28.6 Å². The number of benzene rings is 1. The summed E-state index contributed by atoms with van der Waals surface area (Å²) in [6.45, 7) is 2.14. The van der Waals surface area contributed by atoms with E-state index in [1.807, 2.05) is 24.3 Å².